The minimum atomic E-state index is -1.37. The number of benzene rings is 1. The van der Waals surface area contributed by atoms with Crippen LogP contribution in [0.2, 0.25) is 0 Å². The highest BCUT2D eigenvalue weighted by atomic mass is 16.6. The molecule has 0 aliphatic carbocycles. The molecule has 5 amide bonds. The molecule has 1 aromatic rings. The molecule has 0 aliphatic rings. The van der Waals surface area contributed by atoms with Crippen LogP contribution in [-0.4, -0.2) is 82.4 Å². The molecular weight excluding hydrogens is 618 g/mol. The normalized spacial score (nSPS) is 15.5. The second-order valence-electron chi connectivity index (χ2n) is 14.5. The highest BCUT2D eigenvalue weighted by Crippen LogP contribution is 2.17. The highest BCUT2D eigenvalue weighted by Gasteiger charge is 2.33. The zero-order valence-electron chi connectivity index (χ0n) is 30.3. The van der Waals surface area contributed by atoms with Crippen molar-refractivity contribution in [3.63, 3.8) is 0 Å². The van der Waals surface area contributed by atoms with Crippen LogP contribution < -0.4 is 26.6 Å². The van der Waals surface area contributed by atoms with E-state index >= 15 is 0 Å². The number of hydrogen-bond donors (Lipinski definition) is 7. The molecule has 0 saturated heterocycles. The lowest BCUT2D eigenvalue weighted by molar-refractivity contribution is -0.133. The summed E-state index contributed by atoms with van der Waals surface area (Å²) in [5.74, 6) is -3.41. The molecule has 0 saturated carbocycles. The van der Waals surface area contributed by atoms with Crippen LogP contribution >= 0.6 is 0 Å². The first kappa shape index (κ1) is 42.3. The maximum absolute atomic E-state index is 13.3. The number of aliphatic hydroxyl groups is 2. The number of ether oxygens (including phenoxy) is 1. The molecular formula is C35H59N5O8. The SMILES string of the molecule is CC(C)C[C@H](NC(=O)[C@H](CO)NC(=O)[C@@H](NC(=O)OC(C)(C)C)C(C)C)[C@@H](O)C[C@@H](C)C(=O)N[C@H](C(=O)NCc1ccccc1)C(C)C. The number of nitrogens with one attached hydrogen (secondary N) is 5. The first-order valence-electron chi connectivity index (χ1n) is 16.8. The van der Waals surface area contributed by atoms with Gasteiger partial charge in [-0.25, -0.2) is 4.79 Å². The number of amides is 5. The third kappa shape index (κ3) is 15.5. The average Bonchev–Trinajstić information content (AvgIpc) is 2.98. The predicted octanol–water partition coefficient (Wildman–Crippen LogP) is 2.39. The molecule has 13 nitrogen and oxygen atoms in total. The van der Waals surface area contributed by atoms with Gasteiger partial charge in [-0.1, -0.05) is 78.8 Å². The Morgan fingerprint density at radius 2 is 1.29 bits per heavy atom. The van der Waals surface area contributed by atoms with Crippen molar-refractivity contribution in [2.75, 3.05) is 6.61 Å². The minimum absolute atomic E-state index is 0.0225. The van der Waals surface area contributed by atoms with E-state index in [1.807, 2.05) is 58.0 Å². The second-order valence-corrected chi connectivity index (χ2v) is 14.5. The van der Waals surface area contributed by atoms with Gasteiger partial charge >= 0.3 is 6.09 Å². The maximum atomic E-state index is 13.3. The van der Waals surface area contributed by atoms with E-state index in [1.54, 1.807) is 41.5 Å². The van der Waals surface area contributed by atoms with Crippen molar-refractivity contribution in [3.05, 3.63) is 35.9 Å². The van der Waals surface area contributed by atoms with Crippen LogP contribution in [0.15, 0.2) is 30.3 Å². The standard InChI is InChI=1S/C35H59N5O8/c1-20(2)16-25(37-31(44)26(19-41)38-33(46)29(22(5)6)40-34(47)48-35(8,9)10)27(42)17-23(7)30(43)39-28(21(3)4)32(45)36-18-24-14-12-11-13-15-24/h11-15,20-23,25-29,41-42H,16-19H2,1-10H3,(H,36,45)(H,37,44)(H,38,46)(H,39,43)(H,40,47)/t23-,25+,26+,27+,28+,29+/m1/s1. The summed E-state index contributed by atoms with van der Waals surface area (Å²) >= 11 is 0. The van der Waals surface area contributed by atoms with Crippen LogP contribution in [0.25, 0.3) is 0 Å². The first-order valence-corrected chi connectivity index (χ1v) is 16.8. The number of carbonyl (C=O) groups is 5. The summed E-state index contributed by atoms with van der Waals surface area (Å²) in [4.78, 5) is 64.8. The number of aliphatic hydroxyl groups excluding tert-OH is 2. The van der Waals surface area contributed by atoms with Gasteiger partial charge in [-0.15, -0.1) is 0 Å². The van der Waals surface area contributed by atoms with Gasteiger partial charge in [0.25, 0.3) is 0 Å². The summed E-state index contributed by atoms with van der Waals surface area (Å²) in [5.41, 5.74) is 0.141. The van der Waals surface area contributed by atoms with Crippen molar-refractivity contribution in [2.45, 2.75) is 124 Å². The van der Waals surface area contributed by atoms with Gasteiger partial charge in [-0.2, -0.15) is 0 Å². The van der Waals surface area contributed by atoms with E-state index in [1.165, 1.54) is 0 Å². The van der Waals surface area contributed by atoms with Crippen molar-refractivity contribution >= 4 is 29.7 Å². The molecule has 0 heterocycles. The Kier molecular flexibility index (Phi) is 17.6. The van der Waals surface area contributed by atoms with E-state index < -0.39 is 72.2 Å². The Bertz CT molecular complexity index is 1190. The van der Waals surface area contributed by atoms with E-state index in [0.717, 1.165) is 5.56 Å². The number of carbonyl (C=O) groups excluding carboxylic acids is 5. The van der Waals surface area contributed by atoms with Gasteiger partial charge in [0.05, 0.1) is 18.8 Å². The zero-order chi connectivity index (χ0) is 36.8. The van der Waals surface area contributed by atoms with Gasteiger partial charge in [0.15, 0.2) is 0 Å². The quantitative estimate of drug-likeness (QED) is 0.123. The lowest BCUT2D eigenvalue weighted by Gasteiger charge is -2.30. The van der Waals surface area contributed by atoms with E-state index in [2.05, 4.69) is 26.6 Å². The van der Waals surface area contributed by atoms with Crippen LogP contribution in [0.1, 0.15) is 87.6 Å². The van der Waals surface area contributed by atoms with Crippen LogP contribution in [0.3, 0.4) is 0 Å². The monoisotopic (exact) mass is 677 g/mol. The lowest BCUT2D eigenvalue weighted by Crippen LogP contribution is -2.58. The van der Waals surface area contributed by atoms with E-state index in [-0.39, 0.29) is 30.1 Å². The number of rotatable bonds is 18. The van der Waals surface area contributed by atoms with Gasteiger partial charge in [0, 0.05) is 12.5 Å². The average molecular weight is 678 g/mol. The van der Waals surface area contributed by atoms with Crippen LogP contribution in [0.5, 0.6) is 0 Å². The van der Waals surface area contributed by atoms with Crippen molar-refractivity contribution in [1.82, 2.24) is 26.6 Å². The molecule has 0 fully saturated rings. The molecule has 48 heavy (non-hydrogen) atoms. The van der Waals surface area contributed by atoms with Crippen LogP contribution in [0, 0.1) is 23.7 Å². The largest absolute Gasteiger partial charge is 0.444 e. The smallest absolute Gasteiger partial charge is 0.408 e. The summed E-state index contributed by atoms with van der Waals surface area (Å²) in [5, 5.41) is 34.6. The summed E-state index contributed by atoms with van der Waals surface area (Å²) in [6.07, 6.45) is -1.63. The molecule has 0 bridgehead atoms. The summed E-state index contributed by atoms with van der Waals surface area (Å²) in [6, 6.07) is 5.39. The van der Waals surface area contributed by atoms with Gasteiger partial charge in [0.1, 0.15) is 23.7 Å². The minimum Gasteiger partial charge on any atom is -0.444 e. The van der Waals surface area contributed by atoms with E-state index in [0.29, 0.717) is 13.0 Å². The Balaban J connectivity index is 2.91. The fourth-order valence-electron chi connectivity index (χ4n) is 4.89. The summed E-state index contributed by atoms with van der Waals surface area (Å²) in [6.45, 7) is 17.2. The molecule has 272 valence electrons. The number of hydrogen-bond acceptors (Lipinski definition) is 8. The highest BCUT2D eigenvalue weighted by molar-refractivity contribution is 5.92. The molecule has 1 aromatic carbocycles. The number of alkyl carbamates (subject to hydrolysis) is 1. The molecule has 7 N–H and O–H groups in total. The first-order chi connectivity index (χ1) is 22.2. The van der Waals surface area contributed by atoms with E-state index in [9.17, 15) is 34.2 Å². The van der Waals surface area contributed by atoms with Gasteiger partial charge in [-0.05, 0) is 56.9 Å². The van der Waals surface area contributed by atoms with Gasteiger partial charge in [-0.3, -0.25) is 19.2 Å². The predicted molar refractivity (Wildman–Crippen MR) is 183 cm³/mol. The Morgan fingerprint density at radius 1 is 0.729 bits per heavy atom. The van der Waals surface area contributed by atoms with Gasteiger partial charge < -0.3 is 41.5 Å². The summed E-state index contributed by atoms with van der Waals surface area (Å²) < 4.78 is 5.25. The molecule has 0 unspecified atom stereocenters. The van der Waals surface area contributed by atoms with Crippen LogP contribution in [0.4, 0.5) is 4.79 Å². The van der Waals surface area contributed by atoms with Gasteiger partial charge in [0.2, 0.25) is 23.6 Å². The fraction of sp³-hybridized carbons (Fsp3) is 0.686. The van der Waals surface area contributed by atoms with Crippen molar-refractivity contribution in [2.24, 2.45) is 23.7 Å². The molecule has 0 spiro atoms. The molecule has 13 heteroatoms. The fourth-order valence-corrected chi connectivity index (χ4v) is 4.89. The second kappa shape index (κ2) is 20.0. The zero-order valence-corrected chi connectivity index (χ0v) is 30.3. The van der Waals surface area contributed by atoms with Crippen molar-refractivity contribution in [1.29, 1.82) is 0 Å². The third-order valence-electron chi connectivity index (χ3n) is 7.55. The Labute approximate surface area is 285 Å². The third-order valence-corrected chi connectivity index (χ3v) is 7.55. The molecule has 0 aliphatic heterocycles. The lowest BCUT2D eigenvalue weighted by atomic mass is 9.91. The molecule has 0 radical (unpaired) electrons. The molecule has 1 rings (SSSR count). The summed E-state index contributed by atoms with van der Waals surface area (Å²) in [7, 11) is 0. The van der Waals surface area contributed by atoms with Crippen molar-refractivity contribution < 1.29 is 38.9 Å². The van der Waals surface area contributed by atoms with Crippen molar-refractivity contribution in [3.8, 4) is 0 Å². The maximum Gasteiger partial charge on any atom is 0.408 e. The molecule has 0 aromatic heterocycles. The topological polar surface area (TPSA) is 195 Å². The molecule has 6 atom stereocenters. The Morgan fingerprint density at radius 3 is 1.79 bits per heavy atom. The van der Waals surface area contributed by atoms with Crippen LogP contribution in [-0.2, 0) is 30.5 Å². The van der Waals surface area contributed by atoms with E-state index in [4.69, 9.17) is 4.74 Å². The Hall–Kier alpha value is -3.71.